The first kappa shape index (κ1) is 19.8. The quantitative estimate of drug-likeness (QED) is 0.465. The van der Waals surface area contributed by atoms with Gasteiger partial charge in [-0.3, -0.25) is 9.52 Å². The highest BCUT2D eigenvalue weighted by atomic mass is 32.2. The zero-order chi connectivity index (χ0) is 17.3. The summed E-state index contributed by atoms with van der Waals surface area (Å²) in [6, 6.07) is 7.80. The number of thioether (sulfide) groups is 1. The molecule has 0 aliphatic rings. The Hall–Kier alpha value is -1.29. The van der Waals surface area contributed by atoms with Gasteiger partial charge in [-0.05, 0) is 30.6 Å². The highest BCUT2D eigenvalue weighted by molar-refractivity contribution is 7.98. The summed E-state index contributed by atoms with van der Waals surface area (Å²) >= 11 is 1.57. The van der Waals surface area contributed by atoms with Gasteiger partial charge in [0.1, 0.15) is 6.10 Å². The lowest BCUT2D eigenvalue weighted by molar-refractivity contribution is -0.130. The number of para-hydroxylation sites is 1. The number of rotatable bonds is 10. The summed E-state index contributed by atoms with van der Waals surface area (Å²) in [4.78, 5) is 11.7. The van der Waals surface area contributed by atoms with Crippen molar-refractivity contribution in [1.82, 2.24) is 5.32 Å². The molecule has 0 aliphatic carbocycles. The van der Waals surface area contributed by atoms with Crippen LogP contribution in [0.1, 0.15) is 6.42 Å². The van der Waals surface area contributed by atoms with Crippen LogP contribution >= 0.6 is 11.8 Å². The predicted molar refractivity (Wildman–Crippen MR) is 93.8 cm³/mol. The smallest absolute Gasteiger partial charge is 0.250 e. The van der Waals surface area contributed by atoms with Crippen LogP contribution in [0, 0.1) is 0 Å². The molecule has 7 nitrogen and oxygen atoms in total. The maximum absolute atomic E-state index is 11.9. The number of hydrogen-bond donors (Lipinski definition) is 4. The molecule has 2 unspecified atom stereocenters. The van der Waals surface area contributed by atoms with Gasteiger partial charge in [0.15, 0.2) is 0 Å². The number of aliphatic hydroxyl groups excluding tert-OH is 1. The molecule has 0 bridgehead atoms. The summed E-state index contributed by atoms with van der Waals surface area (Å²) in [6.45, 7) is -0.104. The number of sulfonamides is 1. The number of amides is 1. The number of aliphatic hydroxyl groups is 1. The van der Waals surface area contributed by atoms with E-state index >= 15 is 0 Å². The minimum absolute atomic E-state index is 0.104. The second-order valence-corrected chi connectivity index (χ2v) is 7.80. The number of nitrogens with one attached hydrogen (secondary N) is 2. The van der Waals surface area contributed by atoms with Crippen molar-refractivity contribution in [2.75, 3.05) is 29.0 Å². The molecule has 0 spiro atoms. The van der Waals surface area contributed by atoms with Gasteiger partial charge in [0.2, 0.25) is 15.9 Å². The molecular formula is C14H23N3O4S2. The van der Waals surface area contributed by atoms with Crippen molar-refractivity contribution in [3.8, 4) is 0 Å². The van der Waals surface area contributed by atoms with Crippen LogP contribution in [0.4, 0.5) is 5.69 Å². The van der Waals surface area contributed by atoms with Crippen LogP contribution in [-0.4, -0.2) is 55.9 Å². The fourth-order valence-corrected chi connectivity index (χ4v) is 3.23. The van der Waals surface area contributed by atoms with Crippen LogP contribution < -0.4 is 15.8 Å². The van der Waals surface area contributed by atoms with Gasteiger partial charge in [-0.25, -0.2) is 8.42 Å². The van der Waals surface area contributed by atoms with Crippen molar-refractivity contribution in [3.05, 3.63) is 30.3 Å². The largest absolute Gasteiger partial charge is 0.382 e. The molecule has 1 aromatic carbocycles. The summed E-state index contributed by atoms with van der Waals surface area (Å²) in [6.07, 6.45) is 1.07. The lowest BCUT2D eigenvalue weighted by Gasteiger charge is -2.18. The first-order chi connectivity index (χ1) is 10.9. The number of anilines is 1. The SMILES string of the molecule is CSCCC(N)C(O)C(=O)NCCS(=O)(=O)Nc1ccccc1. The van der Waals surface area contributed by atoms with Gasteiger partial charge >= 0.3 is 0 Å². The molecule has 0 radical (unpaired) electrons. The average molecular weight is 361 g/mol. The third-order valence-electron chi connectivity index (χ3n) is 3.05. The van der Waals surface area contributed by atoms with Gasteiger partial charge in [0.05, 0.1) is 5.75 Å². The van der Waals surface area contributed by atoms with E-state index in [2.05, 4.69) is 10.0 Å². The molecule has 0 aliphatic heterocycles. The summed E-state index contributed by atoms with van der Waals surface area (Å²) in [5.74, 6) is -0.213. The molecule has 5 N–H and O–H groups in total. The number of hydrogen-bond acceptors (Lipinski definition) is 6. The minimum atomic E-state index is -3.57. The van der Waals surface area contributed by atoms with Crippen molar-refractivity contribution in [2.45, 2.75) is 18.6 Å². The summed E-state index contributed by atoms with van der Waals surface area (Å²) in [5.41, 5.74) is 6.17. The zero-order valence-corrected chi connectivity index (χ0v) is 14.6. The lowest BCUT2D eigenvalue weighted by atomic mass is 10.1. The summed E-state index contributed by atoms with van der Waals surface area (Å²) in [5, 5.41) is 12.2. The molecule has 130 valence electrons. The van der Waals surface area contributed by atoms with Crippen molar-refractivity contribution in [2.24, 2.45) is 5.73 Å². The molecule has 1 amide bonds. The molecule has 0 saturated carbocycles. The van der Waals surface area contributed by atoms with E-state index < -0.39 is 28.1 Å². The Bertz CT molecular complexity index is 581. The monoisotopic (exact) mass is 361 g/mol. The number of nitrogens with two attached hydrogens (primary N) is 1. The highest BCUT2D eigenvalue weighted by Gasteiger charge is 2.22. The summed E-state index contributed by atoms with van der Waals surface area (Å²) in [7, 11) is -3.57. The first-order valence-corrected chi connectivity index (χ1v) is 10.2. The number of benzene rings is 1. The Morgan fingerprint density at radius 2 is 2.00 bits per heavy atom. The van der Waals surface area contributed by atoms with Crippen LogP contribution in [0.25, 0.3) is 0 Å². The van der Waals surface area contributed by atoms with Crippen LogP contribution in [0.15, 0.2) is 30.3 Å². The van der Waals surface area contributed by atoms with E-state index in [1.54, 1.807) is 42.1 Å². The van der Waals surface area contributed by atoms with E-state index in [-0.39, 0.29) is 12.3 Å². The van der Waals surface area contributed by atoms with Crippen molar-refractivity contribution >= 4 is 33.4 Å². The third kappa shape index (κ3) is 7.69. The van der Waals surface area contributed by atoms with Crippen LogP contribution in [0.2, 0.25) is 0 Å². The fraction of sp³-hybridized carbons (Fsp3) is 0.500. The second kappa shape index (κ2) is 9.76. The fourth-order valence-electron chi connectivity index (χ4n) is 1.76. The molecule has 9 heteroatoms. The average Bonchev–Trinajstić information content (AvgIpc) is 2.52. The number of carbonyl (C=O) groups is 1. The molecule has 0 aromatic heterocycles. The normalized spacial score (nSPS) is 14.0. The van der Waals surface area contributed by atoms with Crippen LogP contribution in [0.5, 0.6) is 0 Å². The second-order valence-electron chi connectivity index (χ2n) is 4.97. The lowest BCUT2D eigenvalue weighted by Crippen LogP contribution is -2.47. The molecule has 23 heavy (non-hydrogen) atoms. The van der Waals surface area contributed by atoms with E-state index in [0.29, 0.717) is 12.1 Å². The van der Waals surface area contributed by atoms with E-state index in [1.165, 1.54) is 0 Å². The van der Waals surface area contributed by atoms with Gasteiger partial charge in [-0.2, -0.15) is 11.8 Å². The molecule has 0 heterocycles. The Kier molecular flexibility index (Phi) is 8.38. The Balaban J connectivity index is 2.38. The third-order valence-corrected chi connectivity index (χ3v) is 4.98. The number of carbonyl (C=O) groups excluding carboxylic acids is 1. The van der Waals surface area contributed by atoms with Gasteiger partial charge in [-0.1, -0.05) is 18.2 Å². The standard InChI is InChI=1S/C14H23N3O4S2/c1-22-9-7-12(15)13(18)14(19)16-8-10-23(20,21)17-11-5-3-2-4-6-11/h2-6,12-13,17-18H,7-10,15H2,1H3,(H,16,19). The van der Waals surface area contributed by atoms with Crippen LogP contribution in [-0.2, 0) is 14.8 Å². The topological polar surface area (TPSA) is 122 Å². The Labute approximate surface area is 141 Å². The summed E-state index contributed by atoms with van der Waals surface area (Å²) < 4.78 is 26.2. The molecule has 0 fully saturated rings. The zero-order valence-electron chi connectivity index (χ0n) is 12.9. The Morgan fingerprint density at radius 1 is 1.35 bits per heavy atom. The van der Waals surface area contributed by atoms with Gasteiger partial charge in [-0.15, -0.1) is 0 Å². The predicted octanol–water partition coefficient (Wildman–Crippen LogP) is -0.0142. The first-order valence-electron chi connectivity index (χ1n) is 7.11. The van der Waals surface area contributed by atoms with Gasteiger partial charge in [0, 0.05) is 18.3 Å². The van der Waals surface area contributed by atoms with Crippen molar-refractivity contribution in [1.29, 1.82) is 0 Å². The molecule has 2 atom stereocenters. The highest BCUT2D eigenvalue weighted by Crippen LogP contribution is 2.07. The maximum Gasteiger partial charge on any atom is 0.250 e. The Morgan fingerprint density at radius 3 is 2.61 bits per heavy atom. The van der Waals surface area contributed by atoms with E-state index in [1.807, 2.05) is 6.26 Å². The van der Waals surface area contributed by atoms with Crippen molar-refractivity contribution < 1.29 is 18.3 Å². The van der Waals surface area contributed by atoms with Gasteiger partial charge < -0.3 is 16.2 Å². The van der Waals surface area contributed by atoms with E-state index in [0.717, 1.165) is 5.75 Å². The van der Waals surface area contributed by atoms with Gasteiger partial charge in [0.25, 0.3) is 0 Å². The van der Waals surface area contributed by atoms with E-state index in [9.17, 15) is 18.3 Å². The molecule has 1 aromatic rings. The maximum atomic E-state index is 11.9. The molecular weight excluding hydrogens is 338 g/mol. The minimum Gasteiger partial charge on any atom is -0.382 e. The van der Waals surface area contributed by atoms with Crippen molar-refractivity contribution in [3.63, 3.8) is 0 Å². The van der Waals surface area contributed by atoms with E-state index in [4.69, 9.17) is 5.73 Å². The molecule has 1 rings (SSSR count). The molecule has 0 saturated heterocycles. The van der Waals surface area contributed by atoms with Crippen LogP contribution in [0.3, 0.4) is 0 Å².